The average Bonchev–Trinajstić information content (AvgIpc) is 2.58. The minimum Gasteiger partial charge on any atom is -0.423 e. The minimum atomic E-state index is -0.466. The van der Waals surface area contributed by atoms with Crippen LogP contribution in [0.4, 0.5) is 4.39 Å². The first-order valence-corrected chi connectivity index (χ1v) is 6.85. The first-order valence-electron chi connectivity index (χ1n) is 6.85. The molecule has 22 heavy (non-hydrogen) atoms. The molecule has 0 saturated heterocycles. The van der Waals surface area contributed by atoms with E-state index in [4.69, 9.17) is 4.74 Å². The molecule has 0 aromatic heterocycles. The van der Waals surface area contributed by atoms with Crippen LogP contribution in [0, 0.1) is 5.82 Å². The predicted molar refractivity (Wildman–Crippen MR) is 83.2 cm³/mol. The first-order chi connectivity index (χ1) is 10.7. The highest BCUT2D eigenvalue weighted by atomic mass is 19.1. The van der Waals surface area contributed by atoms with Crippen LogP contribution in [0.2, 0.25) is 0 Å². The number of hydrogen-bond donors (Lipinski definition) is 0. The van der Waals surface area contributed by atoms with Gasteiger partial charge in [0.1, 0.15) is 11.6 Å². The number of hydrogen-bond acceptors (Lipinski definition) is 2. The molecule has 2 nitrogen and oxygen atoms in total. The Labute approximate surface area is 127 Å². The molecular weight excluding hydrogens is 279 g/mol. The van der Waals surface area contributed by atoms with Crippen LogP contribution in [0.5, 0.6) is 5.75 Å². The lowest BCUT2D eigenvalue weighted by atomic mass is 10.0. The molecule has 3 heteroatoms. The molecule has 0 aliphatic heterocycles. The quantitative estimate of drug-likeness (QED) is 0.516. The summed E-state index contributed by atoms with van der Waals surface area (Å²) in [4.78, 5) is 12.0. The summed E-state index contributed by atoms with van der Waals surface area (Å²) in [5.74, 6) is -0.517. The lowest BCUT2D eigenvalue weighted by Crippen LogP contribution is -2.08. The molecule has 0 bridgehead atoms. The van der Waals surface area contributed by atoms with Gasteiger partial charge in [-0.15, -0.1) is 0 Å². The Kier molecular flexibility index (Phi) is 3.97. The predicted octanol–water partition coefficient (Wildman–Crippen LogP) is 4.71. The van der Waals surface area contributed by atoms with E-state index in [1.807, 2.05) is 42.5 Å². The Morgan fingerprint density at radius 1 is 0.727 bits per heavy atom. The van der Waals surface area contributed by atoms with Crippen molar-refractivity contribution < 1.29 is 13.9 Å². The van der Waals surface area contributed by atoms with Crippen LogP contribution in [0.3, 0.4) is 0 Å². The van der Waals surface area contributed by atoms with Crippen LogP contribution in [0.1, 0.15) is 10.4 Å². The van der Waals surface area contributed by atoms with E-state index in [0.717, 1.165) is 11.1 Å². The molecule has 0 atom stereocenters. The molecule has 0 spiro atoms. The molecule has 0 saturated carbocycles. The molecule has 3 aromatic rings. The van der Waals surface area contributed by atoms with Crippen LogP contribution >= 0.6 is 0 Å². The Bertz CT molecular complexity index is 763. The van der Waals surface area contributed by atoms with Crippen molar-refractivity contribution in [1.82, 2.24) is 0 Å². The van der Waals surface area contributed by atoms with Crippen LogP contribution in [0.25, 0.3) is 11.1 Å². The maximum atomic E-state index is 12.8. The summed E-state index contributed by atoms with van der Waals surface area (Å²) in [6.07, 6.45) is 0. The zero-order valence-corrected chi connectivity index (χ0v) is 11.7. The van der Waals surface area contributed by atoms with Crippen molar-refractivity contribution in [1.29, 1.82) is 0 Å². The molecule has 0 aliphatic rings. The molecule has 3 rings (SSSR count). The summed E-state index contributed by atoms with van der Waals surface area (Å²) in [5.41, 5.74) is 2.56. The third-order valence-electron chi connectivity index (χ3n) is 3.25. The average molecular weight is 292 g/mol. The van der Waals surface area contributed by atoms with Crippen molar-refractivity contribution in [2.75, 3.05) is 0 Å². The molecule has 0 unspecified atom stereocenters. The fourth-order valence-corrected chi connectivity index (χ4v) is 2.10. The summed E-state index contributed by atoms with van der Waals surface area (Å²) in [6, 6.07) is 22.4. The van der Waals surface area contributed by atoms with Gasteiger partial charge in [-0.05, 0) is 47.5 Å². The minimum absolute atomic E-state index is 0.318. The standard InChI is InChI=1S/C19H13FO2/c20-17-10-12-18(13-11-17)22-19(21)16-8-6-15(7-9-16)14-4-2-1-3-5-14/h1-13H. The topological polar surface area (TPSA) is 26.3 Å². The Hall–Kier alpha value is -2.94. The van der Waals surface area contributed by atoms with E-state index < -0.39 is 5.97 Å². The van der Waals surface area contributed by atoms with Gasteiger partial charge in [0, 0.05) is 0 Å². The maximum Gasteiger partial charge on any atom is 0.343 e. The normalized spacial score (nSPS) is 10.2. The summed E-state index contributed by atoms with van der Waals surface area (Å²) < 4.78 is 18.0. The molecule has 0 amide bonds. The van der Waals surface area contributed by atoms with Gasteiger partial charge in [-0.25, -0.2) is 9.18 Å². The molecule has 0 radical (unpaired) electrons. The number of benzene rings is 3. The van der Waals surface area contributed by atoms with E-state index in [0.29, 0.717) is 11.3 Å². The van der Waals surface area contributed by atoms with Crippen LogP contribution in [-0.2, 0) is 0 Å². The Morgan fingerprint density at radius 3 is 1.95 bits per heavy atom. The molecule has 0 N–H and O–H groups in total. The third kappa shape index (κ3) is 3.20. The fourth-order valence-electron chi connectivity index (χ4n) is 2.10. The fraction of sp³-hybridized carbons (Fsp3) is 0. The van der Waals surface area contributed by atoms with E-state index in [1.165, 1.54) is 24.3 Å². The second kappa shape index (κ2) is 6.22. The zero-order chi connectivity index (χ0) is 15.4. The lowest BCUT2D eigenvalue weighted by molar-refractivity contribution is 0.0734. The van der Waals surface area contributed by atoms with Gasteiger partial charge < -0.3 is 4.74 Å². The Balaban J connectivity index is 1.75. The van der Waals surface area contributed by atoms with E-state index in [2.05, 4.69) is 0 Å². The zero-order valence-electron chi connectivity index (χ0n) is 11.7. The van der Waals surface area contributed by atoms with Crippen molar-refractivity contribution in [3.05, 3.63) is 90.2 Å². The van der Waals surface area contributed by atoms with Crippen LogP contribution < -0.4 is 4.74 Å². The molecule has 3 aromatic carbocycles. The first kappa shape index (κ1) is 14.0. The van der Waals surface area contributed by atoms with Gasteiger partial charge in [0.25, 0.3) is 0 Å². The van der Waals surface area contributed by atoms with Gasteiger partial charge >= 0.3 is 5.97 Å². The van der Waals surface area contributed by atoms with Crippen molar-refractivity contribution in [3.8, 4) is 16.9 Å². The molecule has 108 valence electrons. The van der Waals surface area contributed by atoms with Crippen LogP contribution in [0.15, 0.2) is 78.9 Å². The highest BCUT2D eigenvalue weighted by molar-refractivity contribution is 5.91. The van der Waals surface area contributed by atoms with Gasteiger partial charge in [-0.2, -0.15) is 0 Å². The van der Waals surface area contributed by atoms with Gasteiger partial charge in [0.2, 0.25) is 0 Å². The summed E-state index contributed by atoms with van der Waals surface area (Å²) >= 11 is 0. The summed E-state index contributed by atoms with van der Waals surface area (Å²) in [5, 5.41) is 0. The number of halogens is 1. The van der Waals surface area contributed by atoms with Gasteiger partial charge in [0.15, 0.2) is 0 Å². The number of carbonyl (C=O) groups excluding carboxylic acids is 1. The van der Waals surface area contributed by atoms with E-state index >= 15 is 0 Å². The molecule has 0 aliphatic carbocycles. The second-order valence-electron chi connectivity index (χ2n) is 4.79. The van der Waals surface area contributed by atoms with E-state index in [9.17, 15) is 9.18 Å². The van der Waals surface area contributed by atoms with Crippen molar-refractivity contribution >= 4 is 5.97 Å². The smallest absolute Gasteiger partial charge is 0.343 e. The third-order valence-corrected chi connectivity index (χ3v) is 3.25. The summed E-state index contributed by atoms with van der Waals surface area (Å²) in [7, 11) is 0. The molecule has 0 fully saturated rings. The van der Waals surface area contributed by atoms with Crippen molar-refractivity contribution in [2.24, 2.45) is 0 Å². The number of carbonyl (C=O) groups is 1. The monoisotopic (exact) mass is 292 g/mol. The highest BCUT2D eigenvalue weighted by Crippen LogP contribution is 2.20. The maximum absolute atomic E-state index is 12.8. The Morgan fingerprint density at radius 2 is 1.32 bits per heavy atom. The lowest BCUT2D eigenvalue weighted by Gasteiger charge is -2.06. The molecular formula is C19H13FO2. The number of ether oxygens (including phenoxy) is 1. The van der Waals surface area contributed by atoms with Crippen molar-refractivity contribution in [2.45, 2.75) is 0 Å². The number of esters is 1. The van der Waals surface area contributed by atoms with Gasteiger partial charge in [-0.1, -0.05) is 42.5 Å². The van der Waals surface area contributed by atoms with E-state index in [1.54, 1.807) is 12.1 Å². The van der Waals surface area contributed by atoms with Gasteiger partial charge in [0.05, 0.1) is 5.56 Å². The number of rotatable bonds is 3. The van der Waals surface area contributed by atoms with Gasteiger partial charge in [-0.3, -0.25) is 0 Å². The second-order valence-corrected chi connectivity index (χ2v) is 4.79. The van der Waals surface area contributed by atoms with Crippen molar-refractivity contribution in [3.63, 3.8) is 0 Å². The van der Waals surface area contributed by atoms with Crippen LogP contribution in [-0.4, -0.2) is 5.97 Å². The highest BCUT2D eigenvalue weighted by Gasteiger charge is 2.09. The largest absolute Gasteiger partial charge is 0.423 e. The summed E-state index contributed by atoms with van der Waals surface area (Å²) in [6.45, 7) is 0. The molecule has 0 heterocycles. The SMILES string of the molecule is O=C(Oc1ccc(F)cc1)c1ccc(-c2ccccc2)cc1. The van der Waals surface area contributed by atoms with E-state index in [-0.39, 0.29) is 5.82 Å².